The van der Waals surface area contributed by atoms with Crippen molar-refractivity contribution in [1.29, 1.82) is 0 Å². The number of rotatable bonds is 3. The number of aryl methyl sites for hydroxylation is 1. The number of thiazole rings is 1. The van der Waals surface area contributed by atoms with Crippen molar-refractivity contribution in [2.75, 3.05) is 11.1 Å². The van der Waals surface area contributed by atoms with Crippen molar-refractivity contribution in [3.8, 4) is 0 Å². The van der Waals surface area contributed by atoms with Gasteiger partial charge in [0.25, 0.3) is 5.91 Å². The van der Waals surface area contributed by atoms with Crippen LogP contribution in [0.2, 0.25) is 0 Å². The molecule has 2 heterocycles. The number of nitrogen functional groups attached to an aromatic ring is 1. The molecule has 3 aromatic rings. The molecule has 102 valence electrons. The van der Waals surface area contributed by atoms with E-state index in [1.807, 2.05) is 31.2 Å². The molecule has 1 amide bonds. The van der Waals surface area contributed by atoms with E-state index in [2.05, 4.69) is 15.4 Å². The second-order valence-electron chi connectivity index (χ2n) is 4.21. The van der Waals surface area contributed by atoms with E-state index in [4.69, 9.17) is 5.73 Å². The van der Waals surface area contributed by atoms with E-state index in [1.165, 1.54) is 17.5 Å². The molecule has 0 bridgehead atoms. The van der Waals surface area contributed by atoms with Gasteiger partial charge in [-0.05, 0) is 19.1 Å². The van der Waals surface area contributed by atoms with Gasteiger partial charge in [0.1, 0.15) is 5.69 Å². The second kappa shape index (κ2) is 4.93. The molecule has 0 radical (unpaired) electrons. The fourth-order valence-electron chi connectivity index (χ4n) is 1.97. The van der Waals surface area contributed by atoms with Gasteiger partial charge >= 0.3 is 0 Å². The minimum atomic E-state index is -0.291. The van der Waals surface area contributed by atoms with E-state index in [0.717, 1.165) is 10.2 Å². The highest BCUT2D eigenvalue weighted by Crippen LogP contribution is 2.26. The number of carbonyl (C=O) groups excluding carboxylic acids is 1. The number of para-hydroxylation sites is 1. The highest BCUT2D eigenvalue weighted by molar-refractivity contribution is 7.22. The van der Waals surface area contributed by atoms with Crippen LogP contribution in [0.3, 0.4) is 0 Å². The summed E-state index contributed by atoms with van der Waals surface area (Å²) in [5.41, 5.74) is 7.38. The Kier molecular flexibility index (Phi) is 3.11. The van der Waals surface area contributed by atoms with Crippen LogP contribution in [0, 0.1) is 0 Å². The number of aromatic nitrogens is 3. The van der Waals surface area contributed by atoms with E-state index >= 15 is 0 Å². The fraction of sp³-hybridized carbons (Fsp3) is 0.154. The van der Waals surface area contributed by atoms with Crippen molar-refractivity contribution in [3.63, 3.8) is 0 Å². The number of amides is 1. The second-order valence-corrected chi connectivity index (χ2v) is 5.24. The zero-order valence-electron chi connectivity index (χ0n) is 10.8. The van der Waals surface area contributed by atoms with Crippen LogP contribution < -0.4 is 11.1 Å². The first-order valence-corrected chi connectivity index (χ1v) is 6.99. The summed E-state index contributed by atoms with van der Waals surface area (Å²) in [7, 11) is 0. The molecular formula is C13H13N5OS. The molecule has 1 aromatic carbocycles. The van der Waals surface area contributed by atoms with Gasteiger partial charge in [-0.2, -0.15) is 5.10 Å². The number of nitrogens with two attached hydrogens (primary N) is 1. The number of hydrogen-bond acceptors (Lipinski definition) is 5. The number of carbonyl (C=O) groups is 1. The molecule has 6 nitrogen and oxygen atoms in total. The Balaban J connectivity index is 1.90. The van der Waals surface area contributed by atoms with Crippen LogP contribution in [0.15, 0.2) is 30.5 Å². The maximum atomic E-state index is 12.3. The lowest BCUT2D eigenvalue weighted by Crippen LogP contribution is -2.18. The molecule has 20 heavy (non-hydrogen) atoms. The molecule has 0 spiro atoms. The van der Waals surface area contributed by atoms with E-state index < -0.39 is 0 Å². The lowest BCUT2D eigenvalue weighted by molar-refractivity contribution is 0.101. The first-order valence-electron chi connectivity index (χ1n) is 6.17. The molecule has 0 unspecified atom stereocenters. The zero-order valence-corrected chi connectivity index (χ0v) is 11.6. The summed E-state index contributed by atoms with van der Waals surface area (Å²) in [4.78, 5) is 16.6. The third kappa shape index (κ3) is 2.12. The predicted molar refractivity (Wildman–Crippen MR) is 79.9 cm³/mol. The van der Waals surface area contributed by atoms with Gasteiger partial charge in [0, 0.05) is 6.54 Å². The van der Waals surface area contributed by atoms with Crippen LogP contribution in [0.25, 0.3) is 10.2 Å². The SMILES string of the molecule is CCn1ncc(N)c1C(=O)Nc1nc2ccccc2s1. The number of nitrogens with one attached hydrogen (secondary N) is 1. The van der Waals surface area contributed by atoms with Crippen LogP contribution >= 0.6 is 11.3 Å². The zero-order chi connectivity index (χ0) is 14.1. The van der Waals surface area contributed by atoms with Crippen molar-refractivity contribution in [2.24, 2.45) is 0 Å². The number of hydrogen-bond donors (Lipinski definition) is 2. The molecule has 3 rings (SSSR count). The summed E-state index contributed by atoms with van der Waals surface area (Å²) < 4.78 is 2.60. The average Bonchev–Trinajstić information content (AvgIpc) is 3.00. The van der Waals surface area contributed by atoms with Crippen molar-refractivity contribution < 1.29 is 4.79 Å². The molecule has 3 N–H and O–H groups in total. The Bertz CT molecular complexity index is 743. The summed E-state index contributed by atoms with van der Waals surface area (Å²) in [5, 5.41) is 7.39. The number of fused-ring (bicyclic) bond motifs is 1. The van der Waals surface area contributed by atoms with Gasteiger partial charge in [-0.1, -0.05) is 23.5 Å². The molecule has 0 atom stereocenters. The fourth-order valence-corrected chi connectivity index (χ4v) is 2.83. The van der Waals surface area contributed by atoms with Crippen LogP contribution in [-0.4, -0.2) is 20.7 Å². The van der Waals surface area contributed by atoms with Crippen molar-refractivity contribution in [3.05, 3.63) is 36.2 Å². The van der Waals surface area contributed by atoms with Gasteiger partial charge in [0.2, 0.25) is 0 Å². The molecule has 0 aliphatic carbocycles. The molecular weight excluding hydrogens is 274 g/mol. The lowest BCUT2D eigenvalue weighted by atomic mass is 10.3. The van der Waals surface area contributed by atoms with Gasteiger partial charge in [0.15, 0.2) is 5.13 Å². The van der Waals surface area contributed by atoms with Crippen molar-refractivity contribution in [1.82, 2.24) is 14.8 Å². The Morgan fingerprint density at radius 3 is 3.00 bits per heavy atom. The molecule has 0 saturated heterocycles. The Morgan fingerprint density at radius 1 is 1.45 bits per heavy atom. The minimum Gasteiger partial charge on any atom is -0.396 e. The molecule has 0 saturated carbocycles. The number of benzene rings is 1. The molecule has 0 aliphatic rings. The first kappa shape index (κ1) is 12.6. The smallest absolute Gasteiger partial charge is 0.277 e. The van der Waals surface area contributed by atoms with Crippen LogP contribution in [0.5, 0.6) is 0 Å². The highest BCUT2D eigenvalue weighted by atomic mass is 32.1. The maximum absolute atomic E-state index is 12.3. The molecule has 2 aromatic heterocycles. The lowest BCUT2D eigenvalue weighted by Gasteiger charge is -2.05. The third-order valence-electron chi connectivity index (χ3n) is 2.90. The first-order chi connectivity index (χ1) is 9.69. The topological polar surface area (TPSA) is 85.8 Å². The monoisotopic (exact) mass is 287 g/mol. The van der Waals surface area contributed by atoms with Gasteiger partial charge in [-0.15, -0.1) is 0 Å². The summed E-state index contributed by atoms with van der Waals surface area (Å²) in [6, 6.07) is 7.73. The summed E-state index contributed by atoms with van der Waals surface area (Å²) in [5.74, 6) is -0.291. The van der Waals surface area contributed by atoms with Crippen molar-refractivity contribution >= 4 is 38.3 Å². The van der Waals surface area contributed by atoms with E-state index in [-0.39, 0.29) is 5.91 Å². The van der Waals surface area contributed by atoms with Crippen LogP contribution in [-0.2, 0) is 6.54 Å². The van der Waals surface area contributed by atoms with Gasteiger partial charge < -0.3 is 5.73 Å². The van der Waals surface area contributed by atoms with Gasteiger partial charge in [-0.3, -0.25) is 14.8 Å². The average molecular weight is 287 g/mol. The van der Waals surface area contributed by atoms with E-state index in [9.17, 15) is 4.79 Å². The normalized spacial score (nSPS) is 10.8. The minimum absolute atomic E-state index is 0.291. The Labute approximate surface area is 119 Å². The van der Waals surface area contributed by atoms with Crippen molar-refractivity contribution in [2.45, 2.75) is 13.5 Å². The number of anilines is 2. The van der Waals surface area contributed by atoms with Crippen LogP contribution in [0.1, 0.15) is 17.4 Å². The summed E-state index contributed by atoms with van der Waals surface area (Å²) in [6.45, 7) is 2.49. The predicted octanol–water partition coefficient (Wildman–Crippen LogP) is 2.35. The summed E-state index contributed by atoms with van der Waals surface area (Å²) >= 11 is 1.43. The molecule has 7 heteroatoms. The summed E-state index contributed by atoms with van der Waals surface area (Å²) in [6.07, 6.45) is 1.48. The van der Waals surface area contributed by atoms with Gasteiger partial charge in [-0.25, -0.2) is 4.98 Å². The maximum Gasteiger partial charge on any atom is 0.277 e. The standard InChI is InChI=1S/C13H13N5OS/c1-2-18-11(8(14)7-15-18)12(19)17-13-16-9-5-3-4-6-10(9)20-13/h3-7H,2,14H2,1H3,(H,16,17,19). The number of nitrogens with zero attached hydrogens (tertiary/aromatic N) is 3. The highest BCUT2D eigenvalue weighted by Gasteiger charge is 2.17. The van der Waals surface area contributed by atoms with Gasteiger partial charge in [0.05, 0.1) is 22.1 Å². The Hall–Kier alpha value is -2.41. The van der Waals surface area contributed by atoms with Crippen LogP contribution in [0.4, 0.5) is 10.8 Å². The quantitative estimate of drug-likeness (QED) is 0.774. The van der Waals surface area contributed by atoms with E-state index in [1.54, 1.807) is 4.68 Å². The van der Waals surface area contributed by atoms with E-state index in [0.29, 0.717) is 23.1 Å². The largest absolute Gasteiger partial charge is 0.396 e. The molecule has 0 fully saturated rings. The third-order valence-corrected chi connectivity index (χ3v) is 3.85. The molecule has 0 aliphatic heterocycles. The Morgan fingerprint density at radius 2 is 2.25 bits per heavy atom.